The molecule has 0 aromatic rings. The fourth-order valence-corrected chi connectivity index (χ4v) is 10.4. The fourth-order valence-electron chi connectivity index (χ4n) is 10.4. The Kier molecular flexibility index (Phi) is 73.2. The third-order valence-corrected chi connectivity index (χ3v) is 16.3. The van der Waals surface area contributed by atoms with Crippen LogP contribution in [0.4, 0.5) is 0 Å². The predicted molar refractivity (Wildman–Crippen MR) is 428 cm³/mol. The highest BCUT2D eigenvalue weighted by atomic mass is 16.7. The van der Waals surface area contributed by atoms with Gasteiger partial charge in [0.15, 0.2) is 6.10 Å². The van der Waals surface area contributed by atoms with Crippen LogP contribution in [0.5, 0.6) is 0 Å². The highest BCUT2D eigenvalue weighted by Crippen LogP contribution is 2.17. The standard InChI is InChI=1S/C90H145NO8/c1-6-8-10-12-14-16-18-20-22-24-26-28-30-32-34-36-38-40-42-43-44-45-47-49-51-53-55-57-59-61-63-65-67-69-71-73-75-77-79-81-88(93)99-86(85-98-90(89(94)95)96-83-82-91(3,4)5)84-97-87(92)80-78-76-74-72-70-68-66-64-62-60-58-56-54-52-50-48-46-41-39-37-35-33-31-29-27-25-23-21-19-17-15-13-11-9-7-2/h8-11,14-17,20-23,26-29,32-35,38-41,43-44,47-50,53,55,86,90H,6-7,12-13,18-19,24-25,30-31,36-37,42,45-46,51-52,54,56-85H2,1-5H3/p+1/b10-8-,11-9-,16-14-,17-15-,22-20-,23-21-,28-26-,29-27-,34-32-,35-33-,40-38-,41-39-,44-43-,49-47-,50-48-,55-53-. The summed E-state index contributed by atoms with van der Waals surface area (Å²) in [6, 6.07) is 0. The number of hydrogen-bond donors (Lipinski definition) is 1. The van der Waals surface area contributed by atoms with E-state index in [9.17, 15) is 19.5 Å². The second-order valence-corrected chi connectivity index (χ2v) is 26.9. The summed E-state index contributed by atoms with van der Waals surface area (Å²) in [5, 5.41) is 9.78. The molecule has 0 bridgehead atoms. The second-order valence-electron chi connectivity index (χ2n) is 26.9. The molecule has 2 atom stereocenters. The van der Waals surface area contributed by atoms with Gasteiger partial charge in [-0.25, -0.2) is 4.79 Å². The number of nitrogens with zero attached hydrogens (tertiary/aromatic N) is 1. The number of aliphatic carboxylic acids is 1. The molecule has 0 spiro atoms. The van der Waals surface area contributed by atoms with Crippen molar-refractivity contribution in [2.24, 2.45) is 0 Å². The molecule has 0 heterocycles. The Labute approximate surface area is 608 Å². The lowest BCUT2D eigenvalue weighted by molar-refractivity contribution is -0.870. The molecular weight excluding hydrogens is 1220 g/mol. The molecule has 0 aromatic heterocycles. The molecule has 0 rings (SSSR count). The summed E-state index contributed by atoms with van der Waals surface area (Å²) >= 11 is 0. The van der Waals surface area contributed by atoms with Crippen LogP contribution in [0.25, 0.3) is 0 Å². The van der Waals surface area contributed by atoms with Crippen LogP contribution in [-0.4, -0.2) is 87.4 Å². The molecule has 99 heavy (non-hydrogen) atoms. The number of ether oxygens (including phenoxy) is 4. The Morgan fingerprint density at radius 2 is 0.545 bits per heavy atom. The first kappa shape index (κ1) is 93.1. The lowest BCUT2D eigenvalue weighted by atomic mass is 10.0. The number of likely N-dealkylation sites (N-methyl/N-ethyl adjacent to an activating group) is 1. The molecule has 558 valence electrons. The molecule has 0 fully saturated rings. The monoisotopic (exact) mass is 1370 g/mol. The molecule has 0 saturated heterocycles. The van der Waals surface area contributed by atoms with Crippen molar-refractivity contribution in [3.8, 4) is 0 Å². The van der Waals surface area contributed by atoms with E-state index in [-0.39, 0.29) is 38.6 Å². The second kappa shape index (κ2) is 77.9. The maximum Gasteiger partial charge on any atom is 0.361 e. The van der Waals surface area contributed by atoms with Crippen molar-refractivity contribution in [2.75, 3.05) is 47.5 Å². The van der Waals surface area contributed by atoms with E-state index in [2.05, 4.69) is 208 Å². The van der Waals surface area contributed by atoms with Crippen LogP contribution in [0.2, 0.25) is 0 Å². The van der Waals surface area contributed by atoms with Crippen molar-refractivity contribution < 1.29 is 42.9 Å². The average molecular weight is 1370 g/mol. The molecule has 0 aliphatic rings. The molecule has 0 amide bonds. The van der Waals surface area contributed by atoms with Gasteiger partial charge in [-0.15, -0.1) is 0 Å². The van der Waals surface area contributed by atoms with Crippen LogP contribution >= 0.6 is 0 Å². The van der Waals surface area contributed by atoms with Gasteiger partial charge in [-0.1, -0.05) is 337 Å². The summed E-state index contributed by atoms with van der Waals surface area (Å²) in [5.41, 5.74) is 0. The molecular formula is C90H146NO8+. The summed E-state index contributed by atoms with van der Waals surface area (Å²) in [5.74, 6) is -2.02. The zero-order valence-electron chi connectivity index (χ0n) is 63.8. The molecule has 0 aromatic carbocycles. The third-order valence-electron chi connectivity index (χ3n) is 16.3. The topological polar surface area (TPSA) is 108 Å². The van der Waals surface area contributed by atoms with Crippen molar-refractivity contribution in [1.29, 1.82) is 0 Å². The van der Waals surface area contributed by atoms with Crippen molar-refractivity contribution in [2.45, 2.75) is 309 Å². The van der Waals surface area contributed by atoms with Gasteiger partial charge in [0.2, 0.25) is 0 Å². The van der Waals surface area contributed by atoms with Gasteiger partial charge in [0.25, 0.3) is 6.29 Å². The van der Waals surface area contributed by atoms with Crippen LogP contribution in [0.1, 0.15) is 296 Å². The first-order valence-electron chi connectivity index (χ1n) is 39.6. The molecule has 0 aliphatic carbocycles. The number of carbonyl (C=O) groups is 3. The van der Waals surface area contributed by atoms with Crippen molar-refractivity contribution >= 4 is 17.9 Å². The number of carbonyl (C=O) groups excluding carboxylic acids is 2. The number of rotatable bonds is 71. The van der Waals surface area contributed by atoms with Crippen molar-refractivity contribution in [3.63, 3.8) is 0 Å². The van der Waals surface area contributed by atoms with Crippen LogP contribution < -0.4 is 0 Å². The lowest BCUT2D eigenvalue weighted by Crippen LogP contribution is -2.40. The van der Waals surface area contributed by atoms with Crippen LogP contribution in [0.15, 0.2) is 194 Å². The summed E-state index contributed by atoms with van der Waals surface area (Å²) in [6.07, 6.45) is 117. The van der Waals surface area contributed by atoms with Gasteiger partial charge >= 0.3 is 17.9 Å². The van der Waals surface area contributed by atoms with Gasteiger partial charge in [0, 0.05) is 12.8 Å². The van der Waals surface area contributed by atoms with E-state index < -0.39 is 24.3 Å². The van der Waals surface area contributed by atoms with Gasteiger partial charge in [-0.3, -0.25) is 9.59 Å². The quantitative estimate of drug-likeness (QED) is 0.0211. The summed E-state index contributed by atoms with van der Waals surface area (Å²) < 4.78 is 23.0. The van der Waals surface area contributed by atoms with E-state index in [4.69, 9.17) is 18.9 Å². The summed E-state index contributed by atoms with van der Waals surface area (Å²) in [7, 11) is 5.97. The van der Waals surface area contributed by atoms with Gasteiger partial charge in [0.05, 0.1) is 34.4 Å². The van der Waals surface area contributed by atoms with E-state index in [0.29, 0.717) is 17.4 Å². The number of unbranched alkanes of at least 4 members (excludes halogenated alkanes) is 24. The number of carboxylic acid groups (broad SMARTS) is 1. The van der Waals surface area contributed by atoms with Crippen LogP contribution in [-0.2, 0) is 33.3 Å². The van der Waals surface area contributed by atoms with E-state index in [1.54, 1.807) is 0 Å². The third kappa shape index (κ3) is 79.3. The van der Waals surface area contributed by atoms with E-state index in [0.717, 1.165) is 148 Å². The number of allylic oxidation sites excluding steroid dienone is 32. The Bertz CT molecular complexity index is 2340. The molecule has 9 nitrogen and oxygen atoms in total. The van der Waals surface area contributed by atoms with E-state index in [1.807, 2.05) is 21.1 Å². The van der Waals surface area contributed by atoms with E-state index >= 15 is 0 Å². The minimum absolute atomic E-state index is 0.179. The van der Waals surface area contributed by atoms with E-state index in [1.165, 1.54) is 116 Å². The first-order valence-corrected chi connectivity index (χ1v) is 39.6. The summed E-state index contributed by atoms with van der Waals surface area (Å²) in [4.78, 5) is 37.8. The molecule has 0 radical (unpaired) electrons. The van der Waals surface area contributed by atoms with Crippen LogP contribution in [0, 0.1) is 0 Å². The smallest absolute Gasteiger partial charge is 0.361 e. The molecule has 9 heteroatoms. The average Bonchev–Trinajstić information content (AvgIpc) is 1.14. The number of esters is 2. The van der Waals surface area contributed by atoms with Gasteiger partial charge in [0.1, 0.15) is 13.2 Å². The molecule has 0 aliphatic heterocycles. The maximum absolute atomic E-state index is 13.0. The van der Waals surface area contributed by atoms with Crippen molar-refractivity contribution in [3.05, 3.63) is 194 Å². The normalized spacial score (nSPS) is 13.7. The van der Waals surface area contributed by atoms with Gasteiger partial charge in [-0.2, -0.15) is 0 Å². The first-order chi connectivity index (χ1) is 48.6. The summed E-state index contributed by atoms with van der Waals surface area (Å²) in [6.45, 7) is 4.64. The maximum atomic E-state index is 13.0. The Morgan fingerprint density at radius 1 is 0.303 bits per heavy atom. The van der Waals surface area contributed by atoms with Gasteiger partial charge in [-0.05, 0) is 141 Å². The fraction of sp³-hybridized carbons (Fsp3) is 0.611. The number of carboxylic acids is 1. The molecule has 1 N–H and O–H groups in total. The SMILES string of the molecule is CC/C=C\C/C=C\C/C=C\C/C=C\C/C=C\C/C=C\C/C=C\C/C=C\C/C=C\CCCCCCCCCCCCCC(=O)OC(COC(=O)CCCCCCCCCCCCCCC/C=C\C/C=C\C/C=C\C/C=C\C/C=C\C/C=C\C/C=C\CC)COC(OCC[N+](C)(C)C)C(=O)O. The predicted octanol–water partition coefficient (Wildman–Crippen LogP) is 25.7. The Hall–Kier alpha value is -5.87. The minimum atomic E-state index is -1.52. The molecule has 2 unspecified atom stereocenters. The zero-order chi connectivity index (χ0) is 71.8. The highest BCUT2D eigenvalue weighted by molar-refractivity contribution is 5.71. The van der Waals surface area contributed by atoms with Crippen LogP contribution in [0.3, 0.4) is 0 Å². The lowest BCUT2D eigenvalue weighted by Gasteiger charge is -2.25. The van der Waals surface area contributed by atoms with Crippen molar-refractivity contribution in [1.82, 2.24) is 0 Å². The Balaban J connectivity index is 4.12. The largest absolute Gasteiger partial charge is 0.477 e. The number of quaternary nitrogens is 1. The Morgan fingerprint density at radius 3 is 0.808 bits per heavy atom. The number of hydrogen-bond acceptors (Lipinski definition) is 7. The minimum Gasteiger partial charge on any atom is -0.477 e. The molecule has 0 saturated carbocycles. The zero-order valence-corrected chi connectivity index (χ0v) is 63.8. The highest BCUT2D eigenvalue weighted by Gasteiger charge is 2.25. The van der Waals surface area contributed by atoms with Gasteiger partial charge < -0.3 is 28.5 Å².